The number of fused-ring (bicyclic) bond motifs is 3. The Kier molecular flexibility index (Phi) is 6.88. The predicted molar refractivity (Wildman–Crippen MR) is 125 cm³/mol. The number of benzene rings is 1. The van der Waals surface area contributed by atoms with Gasteiger partial charge in [0, 0.05) is 42.8 Å². The van der Waals surface area contributed by atoms with Crippen LogP contribution >= 0.6 is 12.4 Å². The maximum atomic E-state index is 13.3. The number of nitrogens with one attached hydrogen (secondary N) is 2. The first-order valence-electron chi connectivity index (χ1n) is 11.2. The zero-order chi connectivity index (χ0) is 22.5. The number of hydrogen-bond acceptors (Lipinski definition) is 6. The average molecular weight is 500 g/mol. The standard InChI is InChI=1S/C21H29N5O5S.ClH/c22-14-5-7-25(8-6-14)32(29,30)26-16-2-3-17(26)11-15(10-16)23-21(28)13-1-4-19-18(9-13)24-20(27)12-31-19;/h1,4,9,14-17H,2-3,5-8,10-12,22H2,(H,23,28)(H,24,27);1H/t15-,16-,17+;. The Hall–Kier alpha value is -1.92. The Morgan fingerprint density at radius 2 is 1.79 bits per heavy atom. The van der Waals surface area contributed by atoms with Crippen molar-refractivity contribution in [1.29, 1.82) is 0 Å². The van der Waals surface area contributed by atoms with E-state index in [-0.39, 0.29) is 55.0 Å². The molecule has 4 heterocycles. The fraction of sp³-hybridized carbons (Fsp3) is 0.619. The highest BCUT2D eigenvalue weighted by atomic mass is 35.5. The van der Waals surface area contributed by atoms with Gasteiger partial charge in [-0.25, -0.2) is 0 Å². The summed E-state index contributed by atoms with van der Waals surface area (Å²) in [6, 6.07) is 4.72. The summed E-state index contributed by atoms with van der Waals surface area (Å²) < 4.78 is 35.2. The zero-order valence-electron chi connectivity index (χ0n) is 18.2. The van der Waals surface area contributed by atoms with E-state index in [1.165, 1.54) is 0 Å². The van der Waals surface area contributed by atoms with Crippen LogP contribution in [0.1, 0.15) is 48.9 Å². The fourth-order valence-electron chi connectivity index (χ4n) is 5.36. The molecular weight excluding hydrogens is 470 g/mol. The van der Waals surface area contributed by atoms with Gasteiger partial charge in [-0.3, -0.25) is 9.59 Å². The largest absolute Gasteiger partial charge is 0.482 e. The van der Waals surface area contributed by atoms with Crippen LogP contribution in [-0.2, 0) is 15.0 Å². The number of amides is 2. The van der Waals surface area contributed by atoms with E-state index in [9.17, 15) is 18.0 Å². The van der Waals surface area contributed by atoms with Crippen LogP contribution in [0.25, 0.3) is 0 Å². The van der Waals surface area contributed by atoms with Crippen molar-refractivity contribution >= 4 is 40.1 Å². The van der Waals surface area contributed by atoms with Gasteiger partial charge in [0.1, 0.15) is 5.75 Å². The van der Waals surface area contributed by atoms with E-state index in [0.717, 1.165) is 12.8 Å². The smallest absolute Gasteiger partial charge is 0.282 e. The Bertz CT molecular complexity index is 1020. The molecule has 0 saturated carbocycles. The summed E-state index contributed by atoms with van der Waals surface area (Å²) in [5.74, 6) is 0.0469. The lowest BCUT2D eigenvalue weighted by Gasteiger charge is -2.41. The number of hydrogen-bond donors (Lipinski definition) is 3. The van der Waals surface area contributed by atoms with Crippen molar-refractivity contribution < 1.29 is 22.7 Å². The van der Waals surface area contributed by atoms with E-state index in [1.54, 1.807) is 26.8 Å². The molecule has 3 fully saturated rings. The van der Waals surface area contributed by atoms with Gasteiger partial charge in [0.25, 0.3) is 22.0 Å². The van der Waals surface area contributed by atoms with Gasteiger partial charge in [-0.1, -0.05) is 0 Å². The van der Waals surface area contributed by atoms with Crippen molar-refractivity contribution in [3.63, 3.8) is 0 Å². The summed E-state index contributed by atoms with van der Waals surface area (Å²) in [5.41, 5.74) is 6.85. The predicted octanol–water partition coefficient (Wildman–Crippen LogP) is 0.832. The van der Waals surface area contributed by atoms with Crippen LogP contribution in [0.5, 0.6) is 5.75 Å². The summed E-state index contributed by atoms with van der Waals surface area (Å²) in [5, 5.41) is 5.78. The first-order valence-corrected chi connectivity index (χ1v) is 12.6. The Morgan fingerprint density at radius 1 is 1.12 bits per heavy atom. The van der Waals surface area contributed by atoms with E-state index >= 15 is 0 Å². The van der Waals surface area contributed by atoms with Crippen LogP contribution in [0.15, 0.2) is 18.2 Å². The minimum absolute atomic E-state index is 0. The molecule has 2 amide bonds. The van der Waals surface area contributed by atoms with Crippen molar-refractivity contribution in [1.82, 2.24) is 13.9 Å². The molecule has 2 bridgehead atoms. The Morgan fingerprint density at radius 3 is 2.45 bits per heavy atom. The van der Waals surface area contributed by atoms with Gasteiger partial charge in [-0.05, 0) is 56.7 Å². The van der Waals surface area contributed by atoms with Gasteiger partial charge >= 0.3 is 0 Å². The number of halogens is 1. The maximum Gasteiger partial charge on any atom is 0.282 e. The second-order valence-electron chi connectivity index (χ2n) is 9.15. The topological polar surface area (TPSA) is 134 Å². The van der Waals surface area contributed by atoms with Crippen LogP contribution in [0.4, 0.5) is 5.69 Å². The third kappa shape index (κ3) is 4.69. The third-order valence-electron chi connectivity index (χ3n) is 6.97. The first-order chi connectivity index (χ1) is 15.3. The molecule has 0 spiro atoms. The van der Waals surface area contributed by atoms with Crippen molar-refractivity contribution in [2.45, 2.75) is 62.7 Å². The van der Waals surface area contributed by atoms with Crippen LogP contribution < -0.4 is 21.1 Å². The number of nitrogens with zero attached hydrogens (tertiary/aromatic N) is 2. The molecule has 4 aliphatic rings. The summed E-state index contributed by atoms with van der Waals surface area (Å²) in [4.78, 5) is 24.4. The molecule has 5 rings (SSSR count). The lowest BCUT2D eigenvalue weighted by molar-refractivity contribution is -0.118. The quantitative estimate of drug-likeness (QED) is 0.561. The number of piperidine rings is 2. The summed E-state index contributed by atoms with van der Waals surface area (Å²) in [6.07, 6.45) is 4.19. The molecule has 3 saturated heterocycles. The highest BCUT2D eigenvalue weighted by Gasteiger charge is 2.49. The third-order valence-corrected chi connectivity index (χ3v) is 9.11. The van der Waals surface area contributed by atoms with E-state index in [2.05, 4.69) is 10.6 Å². The number of rotatable bonds is 4. The maximum absolute atomic E-state index is 13.3. The van der Waals surface area contributed by atoms with Crippen molar-refractivity contribution in [3.8, 4) is 5.75 Å². The van der Waals surface area contributed by atoms with Gasteiger partial charge in [-0.15, -0.1) is 12.4 Å². The van der Waals surface area contributed by atoms with Crippen molar-refractivity contribution in [3.05, 3.63) is 23.8 Å². The molecule has 0 aromatic heterocycles. The second-order valence-corrected chi connectivity index (χ2v) is 11.0. The van der Waals surface area contributed by atoms with Gasteiger partial charge in [0.05, 0.1) is 5.69 Å². The number of carbonyl (C=O) groups is 2. The minimum Gasteiger partial charge on any atom is -0.482 e. The second kappa shape index (κ2) is 9.38. The van der Waals surface area contributed by atoms with Crippen LogP contribution in [0, 0.1) is 0 Å². The molecule has 0 aliphatic carbocycles. The van der Waals surface area contributed by atoms with Gasteiger partial charge in [0.15, 0.2) is 6.61 Å². The highest BCUT2D eigenvalue weighted by Crippen LogP contribution is 2.39. The normalized spacial score (nSPS) is 28.3. The summed E-state index contributed by atoms with van der Waals surface area (Å²) in [6.45, 7) is 0.906. The van der Waals surface area contributed by atoms with E-state index in [4.69, 9.17) is 10.5 Å². The molecule has 3 atom stereocenters. The molecule has 1 aromatic rings. The van der Waals surface area contributed by atoms with Gasteiger partial charge < -0.3 is 21.1 Å². The Balaban J connectivity index is 0.00000259. The lowest BCUT2D eigenvalue weighted by atomic mass is 9.99. The van der Waals surface area contributed by atoms with Gasteiger partial charge in [-0.2, -0.15) is 17.0 Å². The molecule has 4 N–H and O–H groups in total. The van der Waals surface area contributed by atoms with Crippen molar-refractivity contribution in [2.24, 2.45) is 5.73 Å². The van der Waals surface area contributed by atoms with E-state index in [1.807, 2.05) is 0 Å². The van der Waals surface area contributed by atoms with Gasteiger partial charge in [0.2, 0.25) is 0 Å². The molecule has 182 valence electrons. The summed E-state index contributed by atoms with van der Waals surface area (Å²) >= 11 is 0. The molecule has 10 nitrogen and oxygen atoms in total. The number of nitrogens with two attached hydrogens (primary N) is 1. The number of carbonyl (C=O) groups excluding carboxylic acids is 2. The monoisotopic (exact) mass is 499 g/mol. The van der Waals surface area contributed by atoms with Crippen molar-refractivity contribution in [2.75, 3.05) is 25.0 Å². The molecule has 0 radical (unpaired) electrons. The van der Waals surface area contributed by atoms with Crippen LogP contribution in [0.3, 0.4) is 0 Å². The van der Waals surface area contributed by atoms with Crippen LogP contribution in [0.2, 0.25) is 0 Å². The minimum atomic E-state index is -3.52. The molecule has 0 unspecified atom stereocenters. The number of anilines is 1. The summed E-state index contributed by atoms with van der Waals surface area (Å²) in [7, 11) is -3.52. The van der Waals surface area contributed by atoms with Crippen LogP contribution in [-0.4, -0.2) is 72.7 Å². The SMILES string of the molecule is Cl.NC1CCN(S(=O)(=O)N2[C@@H]3CC[C@H]2C[C@H](NC(=O)c2ccc4c(c2)NC(=O)CO4)C3)CC1. The molecule has 33 heavy (non-hydrogen) atoms. The Labute approximate surface area is 199 Å². The molecule has 12 heteroatoms. The molecular formula is C21H30ClN5O5S. The molecule has 4 aliphatic heterocycles. The lowest BCUT2D eigenvalue weighted by Crippen LogP contribution is -2.57. The highest BCUT2D eigenvalue weighted by molar-refractivity contribution is 7.86. The van der Waals surface area contributed by atoms with E-state index < -0.39 is 10.2 Å². The zero-order valence-corrected chi connectivity index (χ0v) is 19.9. The molecule has 1 aromatic carbocycles. The fourth-order valence-corrected chi connectivity index (χ4v) is 7.44. The van der Waals surface area contributed by atoms with E-state index in [0.29, 0.717) is 55.8 Å². The first kappa shape index (κ1) is 24.2. The average Bonchev–Trinajstić information content (AvgIpc) is 3.05. The number of ether oxygens (including phenoxy) is 1.